The van der Waals surface area contributed by atoms with Crippen LogP contribution >= 0.6 is 23.2 Å². The summed E-state index contributed by atoms with van der Waals surface area (Å²) >= 11 is 11.9. The molecule has 2 rings (SSSR count). The molecular weight excluding hydrogens is 269 g/mol. The van der Waals surface area contributed by atoms with Gasteiger partial charge >= 0.3 is 0 Å². The van der Waals surface area contributed by atoms with Gasteiger partial charge in [0, 0.05) is 6.92 Å². The number of fused-ring (bicyclic) bond motifs is 1. The molecule has 0 radical (unpaired) electrons. The Morgan fingerprint density at radius 3 is 2.69 bits per heavy atom. The molecule has 0 fully saturated rings. The zero-order chi connectivity index (χ0) is 11.9. The molecule has 0 N–H and O–H groups in total. The number of halogens is 2. The van der Waals surface area contributed by atoms with Crippen LogP contribution < -0.4 is 4.90 Å². The molecule has 1 aromatic rings. The summed E-state index contributed by atoms with van der Waals surface area (Å²) in [6.45, 7) is 1.46. The van der Waals surface area contributed by atoms with Crippen molar-refractivity contribution in [2.45, 2.75) is 15.5 Å². The van der Waals surface area contributed by atoms with E-state index in [2.05, 4.69) is 0 Å². The molecule has 6 heteroatoms. The highest BCUT2D eigenvalue weighted by Crippen LogP contribution is 2.41. The number of alkyl halides is 2. The van der Waals surface area contributed by atoms with Crippen LogP contribution in [0, 0.1) is 0 Å². The van der Waals surface area contributed by atoms with Gasteiger partial charge in [-0.1, -0.05) is 35.3 Å². The largest absolute Gasteiger partial charge is 0.307 e. The monoisotopic (exact) mass is 277 g/mol. The molecule has 1 aliphatic heterocycles. The SMILES string of the molecule is CC(=O)N1CC(Cl)(Cl)S(=O)c2ccccc21. The van der Waals surface area contributed by atoms with Gasteiger partial charge in [-0.15, -0.1) is 0 Å². The molecule has 0 saturated carbocycles. The van der Waals surface area contributed by atoms with Crippen molar-refractivity contribution in [2.75, 3.05) is 11.4 Å². The topological polar surface area (TPSA) is 37.4 Å². The Balaban J connectivity index is 2.60. The van der Waals surface area contributed by atoms with Crippen molar-refractivity contribution in [1.82, 2.24) is 0 Å². The van der Waals surface area contributed by atoms with E-state index in [-0.39, 0.29) is 12.5 Å². The fourth-order valence-electron chi connectivity index (χ4n) is 1.61. The van der Waals surface area contributed by atoms with E-state index >= 15 is 0 Å². The standard InChI is InChI=1S/C10H9Cl2NO2S/c1-7(14)13-6-10(11,12)16(15)9-5-3-2-4-8(9)13/h2-5H,6H2,1H3. The van der Waals surface area contributed by atoms with E-state index < -0.39 is 14.5 Å². The molecule has 0 spiro atoms. The van der Waals surface area contributed by atoms with Gasteiger partial charge < -0.3 is 4.90 Å². The van der Waals surface area contributed by atoms with Crippen molar-refractivity contribution in [3.63, 3.8) is 0 Å². The maximum Gasteiger partial charge on any atom is 0.224 e. The van der Waals surface area contributed by atoms with E-state index in [1.165, 1.54) is 11.8 Å². The van der Waals surface area contributed by atoms with Crippen molar-refractivity contribution in [3.05, 3.63) is 24.3 Å². The van der Waals surface area contributed by atoms with Gasteiger partial charge in [0.15, 0.2) is 0 Å². The Hall–Kier alpha value is -0.580. The minimum atomic E-state index is -1.53. The molecular formula is C10H9Cl2NO2S. The Kier molecular flexibility index (Phi) is 2.99. The normalized spacial score (nSPS) is 22.7. The van der Waals surface area contributed by atoms with Crippen LogP contribution in [-0.4, -0.2) is 20.3 Å². The van der Waals surface area contributed by atoms with E-state index in [1.807, 2.05) is 0 Å². The van der Waals surface area contributed by atoms with Crippen LogP contribution in [0.3, 0.4) is 0 Å². The summed E-state index contributed by atoms with van der Waals surface area (Å²) in [7, 11) is -1.53. The smallest absolute Gasteiger partial charge is 0.224 e. The number of carbonyl (C=O) groups is 1. The second kappa shape index (κ2) is 4.02. The molecule has 0 aromatic heterocycles. The summed E-state index contributed by atoms with van der Waals surface area (Å²) in [5, 5.41) is 0. The predicted molar refractivity (Wildman–Crippen MR) is 65.3 cm³/mol. The Labute approximate surface area is 106 Å². The van der Waals surface area contributed by atoms with Crippen LogP contribution in [0.15, 0.2) is 29.2 Å². The Bertz CT molecular complexity index is 476. The predicted octanol–water partition coefficient (Wildman–Crippen LogP) is 2.29. The van der Waals surface area contributed by atoms with E-state index in [0.29, 0.717) is 10.6 Å². The van der Waals surface area contributed by atoms with Gasteiger partial charge in [0.2, 0.25) is 9.57 Å². The third-order valence-corrected chi connectivity index (χ3v) is 4.85. The van der Waals surface area contributed by atoms with Crippen LogP contribution in [0.4, 0.5) is 5.69 Å². The molecule has 1 aliphatic rings. The van der Waals surface area contributed by atoms with Crippen LogP contribution in [0.1, 0.15) is 6.92 Å². The molecule has 1 aromatic carbocycles. The Morgan fingerprint density at radius 1 is 1.44 bits per heavy atom. The van der Waals surface area contributed by atoms with Gasteiger partial charge in [0.1, 0.15) is 0 Å². The van der Waals surface area contributed by atoms with Crippen molar-refractivity contribution in [3.8, 4) is 0 Å². The fraction of sp³-hybridized carbons (Fsp3) is 0.300. The highest BCUT2D eigenvalue weighted by Gasteiger charge is 2.42. The quantitative estimate of drug-likeness (QED) is 0.683. The number of amides is 1. The molecule has 16 heavy (non-hydrogen) atoms. The summed E-state index contributed by atoms with van der Waals surface area (Å²) in [4.78, 5) is 13.4. The zero-order valence-corrected chi connectivity index (χ0v) is 10.8. The molecule has 1 amide bonds. The molecule has 1 atom stereocenters. The lowest BCUT2D eigenvalue weighted by atomic mass is 10.2. The summed E-state index contributed by atoms with van der Waals surface area (Å²) in [6, 6.07) is 6.92. The molecule has 0 aliphatic carbocycles. The average molecular weight is 278 g/mol. The highest BCUT2D eigenvalue weighted by molar-refractivity contribution is 7.89. The first-order valence-corrected chi connectivity index (χ1v) is 6.51. The second-order valence-corrected chi connectivity index (χ2v) is 7.09. The van der Waals surface area contributed by atoms with Crippen molar-refractivity contribution >= 4 is 45.6 Å². The molecule has 1 unspecified atom stereocenters. The number of rotatable bonds is 0. The first-order chi connectivity index (χ1) is 7.43. The third kappa shape index (κ3) is 1.85. The van der Waals surface area contributed by atoms with Crippen LogP contribution in [0.2, 0.25) is 0 Å². The molecule has 1 heterocycles. The van der Waals surface area contributed by atoms with Crippen LogP contribution in [-0.2, 0) is 15.6 Å². The maximum absolute atomic E-state index is 12.0. The summed E-state index contributed by atoms with van der Waals surface area (Å²) in [5.74, 6) is -0.171. The number of hydrogen-bond donors (Lipinski definition) is 0. The lowest BCUT2D eigenvalue weighted by molar-refractivity contribution is -0.116. The van der Waals surface area contributed by atoms with Gasteiger partial charge in [-0.2, -0.15) is 0 Å². The average Bonchev–Trinajstić information content (AvgIpc) is 2.23. The number of anilines is 1. The Morgan fingerprint density at radius 2 is 2.06 bits per heavy atom. The minimum Gasteiger partial charge on any atom is -0.307 e. The molecule has 0 saturated heterocycles. The third-order valence-electron chi connectivity index (χ3n) is 2.35. The molecule has 86 valence electrons. The maximum atomic E-state index is 12.0. The lowest BCUT2D eigenvalue weighted by Crippen LogP contribution is -2.45. The van der Waals surface area contributed by atoms with Crippen LogP contribution in [0.25, 0.3) is 0 Å². The van der Waals surface area contributed by atoms with Crippen molar-refractivity contribution in [1.29, 1.82) is 0 Å². The van der Waals surface area contributed by atoms with E-state index in [9.17, 15) is 9.00 Å². The van der Waals surface area contributed by atoms with Crippen molar-refractivity contribution in [2.24, 2.45) is 0 Å². The van der Waals surface area contributed by atoms with E-state index in [4.69, 9.17) is 23.2 Å². The van der Waals surface area contributed by atoms with Gasteiger partial charge in [-0.25, -0.2) is 0 Å². The molecule has 3 nitrogen and oxygen atoms in total. The number of para-hydroxylation sites is 1. The first kappa shape index (κ1) is 11.9. The summed E-state index contributed by atoms with van der Waals surface area (Å²) in [6.07, 6.45) is 0. The fourth-order valence-corrected chi connectivity index (χ4v) is 3.48. The van der Waals surface area contributed by atoms with E-state index in [0.717, 1.165) is 0 Å². The number of benzene rings is 1. The molecule has 0 bridgehead atoms. The van der Waals surface area contributed by atoms with E-state index in [1.54, 1.807) is 24.3 Å². The van der Waals surface area contributed by atoms with Gasteiger partial charge in [-0.3, -0.25) is 9.00 Å². The first-order valence-electron chi connectivity index (χ1n) is 4.60. The number of nitrogens with zero attached hydrogens (tertiary/aromatic N) is 1. The van der Waals surface area contributed by atoms with Crippen LogP contribution in [0.5, 0.6) is 0 Å². The van der Waals surface area contributed by atoms with Gasteiger partial charge in [-0.05, 0) is 12.1 Å². The number of hydrogen-bond acceptors (Lipinski definition) is 2. The summed E-state index contributed by atoms with van der Waals surface area (Å²) in [5.41, 5.74) is 0.616. The summed E-state index contributed by atoms with van der Waals surface area (Å²) < 4.78 is 10.6. The van der Waals surface area contributed by atoms with Gasteiger partial charge in [0.25, 0.3) is 0 Å². The lowest BCUT2D eigenvalue weighted by Gasteiger charge is -2.34. The van der Waals surface area contributed by atoms with Crippen molar-refractivity contribution < 1.29 is 9.00 Å². The van der Waals surface area contributed by atoms with Gasteiger partial charge in [0.05, 0.1) is 27.9 Å². The zero-order valence-electron chi connectivity index (χ0n) is 8.44. The second-order valence-electron chi connectivity index (χ2n) is 3.48. The number of carbonyl (C=O) groups excluding carboxylic acids is 1. The highest BCUT2D eigenvalue weighted by atomic mass is 35.5. The minimum absolute atomic E-state index is 0.0368.